The second kappa shape index (κ2) is 6.92. The monoisotopic (exact) mass is 268 g/mol. The van der Waals surface area contributed by atoms with Crippen LogP contribution < -0.4 is 10.3 Å². The third kappa shape index (κ3) is 3.56. The Labute approximate surface area is 112 Å². The van der Waals surface area contributed by atoms with Gasteiger partial charge in [0, 0.05) is 7.05 Å². The number of aryl methyl sites for hydroxylation is 1. The Kier molecular flexibility index (Phi) is 5.54. The van der Waals surface area contributed by atoms with E-state index in [0.29, 0.717) is 12.4 Å². The SMILES string of the molecule is CCCCOc1c(C(=O)OCC)nc(C)n(C)c1=O. The Morgan fingerprint density at radius 3 is 2.63 bits per heavy atom. The highest BCUT2D eigenvalue weighted by Crippen LogP contribution is 2.13. The number of rotatable bonds is 6. The van der Waals surface area contributed by atoms with Gasteiger partial charge in [-0.1, -0.05) is 13.3 Å². The Morgan fingerprint density at radius 2 is 2.05 bits per heavy atom. The van der Waals surface area contributed by atoms with Crippen LogP contribution >= 0.6 is 0 Å². The zero-order valence-corrected chi connectivity index (χ0v) is 11.9. The molecule has 1 rings (SSSR count). The number of unbranched alkanes of at least 4 members (excludes halogenated alkanes) is 1. The Hall–Kier alpha value is -1.85. The molecule has 0 aliphatic rings. The smallest absolute Gasteiger partial charge is 0.361 e. The summed E-state index contributed by atoms with van der Waals surface area (Å²) in [5.41, 5.74) is -0.412. The lowest BCUT2D eigenvalue weighted by Crippen LogP contribution is -2.27. The van der Waals surface area contributed by atoms with Crippen molar-refractivity contribution in [2.75, 3.05) is 13.2 Å². The average molecular weight is 268 g/mol. The molecule has 0 saturated carbocycles. The van der Waals surface area contributed by atoms with Crippen molar-refractivity contribution in [3.8, 4) is 5.75 Å². The summed E-state index contributed by atoms with van der Waals surface area (Å²) in [7, 11) is 1.59. The van der Waals surface area contributed by atoms with Crippen LogP contribution in [-0.2, 0) is 11.8 Å². The summed E-state index contributed by atoms with van der Waals surface area (Å²) in [4.78, 5) is 28.0. The number of aromatic nitrogens is 2. The van der Waals surface area contributed by atoms with E-state index >= 15 is 0 Å². The topological polar surface area (TPSA) is 70.4 Å². The number of esters is 1. The molecule has 19 heavy (non-hydrogen) atoms. The largest absolute Gasteiger partial charge is 0.486 e. The van der Waals surface area contributed by atoms with E-state index in [1.54, 1.807) is 20.9 Å². The zero-order chi connectivity index (χ0) is 14.4. The van der Waals surface area contributed by atoms with Crippen LogP contribution in [-0.4, -0.2) is 28.7 Å². The summed E-state index contributed by atoms with van der Waals surface area (Å²) < 4.78 is 11.7. The first-order chi connectivity index (χ1) is 9.02. The summed E-state index contributed by atoms with van der Waals surface area (Å²) in [6.07, 6.45) is 1.74. The molecule has 1 aromatic heterocycles. The summed E-state index contributed by atoms with van der Waals surface area (Å²) >= 11 is 0. The fraction of sp³-hybridized carbons (Fsp3) is 0.615. The molecule has 0 atom stereocenters. The number of carbonyl (C=O) groups is 1. The minimum absolute atomic E-state index is 0.0278. The number of carbonyl (C=O) groups excluding carboxylic acids is 1. The minimum Gasteiger partial charge on any atom is -0.486 e. The van der Waals surface area contributed by atoms with E-state index in [1.807, 2.05) is 6.92 Å². The molecule has 6 nitrogen and oxygen atoms in total. The van der Waals surface area contributed by atoms with E-state index < -0.39 is 5.97 Å². The van der Waals surface area contributed by atoms with Gasteiger partial charge in [-0.15, -0.1) is 0 Å². The van der Waals surface area contributed by atoms with Crippen molar-refractivity contribution in [3.05, 3.63) is 21.9 Å². The van der Waals surface area contributed by atoms with Gasteiger partial charge in [-0.05, 0) is 20.3 Å². The van der Waals surface area contributed by atoms with Crippen molar-refractivity contribution in [3.63, 3.8) is 0 Å². The fourth-order valence-electron chi connectivity index (χ4n) is 1.47. The van der Waals surface area contributed by atoms with E-state index in [0.717, 1.165) is 12.8 Å². The van der Waals surface area contributed by atoms with Crippen LogP contribution in [0.4, 0.5) is 0 Å². The normalized spacial score (nSPS) is 10.3. The van der Waals surface area contributed by atoms with Crippen molar-refractivity contribution >= 4 is 5.97 Å². The van der Waals surface area contributed by atoms with Crippen molar-refractivity contribution in [1.82, 2.24) is 9.55 Å². The molecule has 0 unspecified atom stereocenters. The Bertz CT molecular complexity index is 508. The van der Waals surface area contributed by atoms with Crippen LogP contribution in [0.15, 0.2) is 4.79 Å². The zero-order valence-electron chi connectivity index (χ0n) is 11.9. The first-order valence-corrected chi connectivity index (χ1v) is 6.40. The van der Waals surface area contributed by atoms with Gasteiger partial charge >= 0.3 is 5.97 Å². The lowest BCUT2D eigenvalue weighted by molar-refractivity contribution is 0.0512. The number of hydrogen-bond acceptors (Lipinski definition) is 5. The maximum atomic E-state index is 12.1. The number of nitrogens with zero attached hydrogens (tertiary/aromatic N) is 2. The lowest BCUT2D eigenvalue weighted by atomic mass is 10.3. The van der Waals surface area contributed by atoms with Gasteiger partial charge in [0.15, 0.2) is 5.69 Å². The van der Waals surface area contributed by atoms with Gasteiger partial charge in [0.2, 0.25) is 5.75 Å². The van der Waals surface area contributed by atoms with E-state index in [9.17, 15) is 9.59 Å². The van der Waals surface area contributed by atoms with E-state index in [2.05, 4.69) is 4.98 Å². The molecular weight excluding hydrogens is 248 g/mol. The average Bonchev–Trinajstić information content (AvgIpc) is 2.38. The predicted molar refractivity (Wildman–Crippen MR) is 70.6 cm³/mol. The summed E-state index contributed by atoms with van der Waals surface area (Å²) in [6.45, 7) is 5.97. The van der Waals surface area contributed by atoms with Gasteiger partial charge in [-0.25, -0.2) is 9.78 Å². The molecule has 0 aromatic carbocycles. The maximum Gasteiger partial charge on any atom is 0.361 e. The van der Waals surface area contributed by atoms with Crippen molar-refractivity contribution in [2.45, 2.75) is 33.6 Å². The van der Waals surface area contributed by atoms with Gasteiger partial charge in [0.1, 0.15) is 5.82 Å². The van der Waals surface area contributed by atoms with Gasteiger partial charge in [-0.3, -0.25) is 9.36 Å². The van der Waals surface area contributed by atoms with Crippen LogP contribution in [0.2, 0.25) is 0 Å². The summed E-state index contributed by atoms with van der Waals surface area (Å²) in [5.74, 6) is -0.217. The van der Waals surface area contributed by atoms with Crippen LogP contribution in [0.1, 0.15) is 43.0 Å². The molecular formula is C13H20N2O4. The van der Waals surface area contributed by atoms with Crippen LogP contribution in [0.5, 0.6) is 5.75 Å². The molecule has 0 saturated heterocycles. The first kappa shape index (κ1) is 15.2. The second-order valence-electron chi connectivity index (χ2n) is 4.12. The van der Waals surface area contributed by atoms with Gasteiger partial charge in [0.25, 0.3) is 5.56 Å². The molecule has 6 heteroatoms. The summed E-state index contributed by atoms with van der Waals surface area (Å²) in [5, 5.41) is 0. The van der Waals surface area contributed by atoms with E-state index in [4.69, 9.17) is 9.47 Å². The fourth-order valence-corrected chi connectivity index (χ4v) is 1.47. The minimum atomic E-state index is -0.630. The third-order valence-corrected chi connectivity index (χ3v) is 2.69. The Morgan fingerprint density at radius 1 is 1.37 bits per heavy atom. The van der Waals surface area contributed by atoms with Crippen molar-refractivity contribution in [1.29, 1.82) is 0 Å². The molecule has 1 aromatic rings. The quantitative estimate of drug-likeness (QED) is 0.577. The second-order valence-corrected chi connectivity index (χ2v) is 4.12. The van der Waals surface area contributed by atoms with Crippen LogP contribution in [0.25, 0.3) is 0 Å². The molecule has 0 amide bonds. The molecule has 0 aliphatic heterocycles. The van der Waals surface area contributed by atoms with Crippen molar-refractivity contribution in [2.24, 2.45) is 7.05 Å². The molecule has 0 bridgehead atoms. The highest BCUT2D eigenvalue weighted by atomic mass is 16.5. The molecule has 0 N–H and O–H groups in total. The first-order valence-electron chi connectivity index (χ1n) is 6.40. The molecule has 106 valence electrons. The van der Waals surface area contributed by atoms with E-state index in [-0.39, 0.29) is 23.6 Å². The highest BCUT2D eigenvalue weighted by molar-refractivity contribution is 5.90. The van der Waals surface area contributed by atoms with Crippen molar-refractivity contribution < 1.29 is 14.3 Å². The van der Waals surface area contributed by atoms with Gasteiger partial charge < -0.3 is 9.47 Å². The predicted octanol–water partition coefficient (Wildman–Crippen LogP) is 1.44. The Balaban J connectivity index is 3.19. The third-order valence-electron chi connectivity index (χ3n) is 2.69. The lowest BCUT2D eigenvalue weighted by Gasteiger charge is -2.12. The van der Waals surface area contributed by atoms with E-state index in [1.165, 1.54) is 4.57 Å². The standard InChI is InChI=1S/C13H20N2O4/c1-5-7-8-19-11-10(13(17)18-6-2)14-9(3)15(4)12(11)16/h5-8H2,1-4H3. The molecule has 0 aliphatic carbocycles. The van der Waals surface area contributed by atoms with Gasteiger partial charge in [-0.2, -0.15) is 0 Å². The molecule has 0 radical (unpaired) electrons. The summed E-state index contributed by atoms with van der Waals surface area (Å²) in [6, 6.07) is 0. The van der Waals surface area contributed by atoms with Crippen LogP contribution in [0, 0.1) is 6.92 Å². The molecule has 0 spiro atoms. The molecule has 0 fully saturated rings. The maximum absolute atomic E-state index is 12.1. The number of ether oxygens (including phenoxy) is 2. The van der Waals surface area contributed by atoms with Gasteiger partial charge in [0.05, 0.1) is 13.2 Å². The molecule has 1 heterocycles. The highest BCUT2D eigenvalue weighted by Gasteiger charge is 2.21. The van der Waals surface area contributed by atoms with Crippen LogP contribution in [0.3, 0.4) is 0 Å². The number of hydrogen-bond donors (Lipinski definition) is 0.